The van der Waals surface area contributed by atoms with Crippen LogP contribution in [-0.4, -0.2) is 20.6 Å². The second-order valence-corrected chi connectivity index (χ2v) is 4.27. The van der Waals surface area contributed by atoms with Crippen molar-refractivity contribution < 1.29 is 8.42 Å². The summed E-state index contributed by atoms with van der Waals surface area (Å²) in [4.78, 5) is 0. The summed E-state index contributed by atoms with van der Waals surface area (Å²) in [7, 11) is 1.43. The van der Waals surface area contributed by atoms with Crippen LogP contribution in [0.4, 0.5) is 0 Å². The fraction of sp³-hybridized carbons (Fsp3) is 1.00. The molecule has 1 heterocycles. The zero-order valence-corrected chi connectivity index (χ0v) is 5.96. The number of nitrogens with one attached hydrogen (secondary N) is 3. The molecule has 1 aliphatic rings. The van der Waals surface area contributed by atoms with E-state index in [0.29, 0.717) is 6.67 Å². The minimum Gasteiger partial charge on any atom is -0.273 e. The summed E-state index contributed by atoms with van der Waals surface area (Å²) in [5.41, 5.74) is 4.11. The normalized spacial score (nSPS) is 28.8. The van der Waals surface area contributed by atoms with Crippen LogP contribution in [0.25, 0.3) is 0 Å². The van der Waals surface area contributed by atoms with Crippen LogP contribution >= 0.6 is 10.7 Å². The average Bonchev–Trinajstić information content (AvgIpc) is 2.08. The van der Waals surface area contributed by atoms with Gasteiger partial charge in [-0.3, -0.25) is 5.32 Å². The first-order chi connectivity index (χ1) is 4.11. The molecule has 7 heteroatoms. The summed E-state index contributed by atoms with van der Waals surface area (Å²) in [6.45, 7) is 0.399. The number of rotatable bonds is 1. The average molecular weight is 172 g/mol. The van der Waals surface area contributed by atoms with Crippen molar-refractivity contribution in [2.75, 3.05) is 6.67 Å². The van der Waals surface area contributed by atoms with Crippen molar-refractivity contribution >= 4 is 19.7 Å². The van der Waals surface area contributed by atoms with E-state index in [1.807, 2.05) is 0 Å². The van der Waals surface area contributed by atoms with Gasteiger partial charge >= 0.3 is 0 Å². The van der Waals surface area contributed by atoms with Gasteiger partial charge in [-0.1, -0.05) is 0 Å². The largest absolute Gasteiger partial charge is 0.273 e. The van der Waals surface area contributed by atoms with E-state index in [1.165, 1.54) is 0 Å². The molecule has 0 bridgehead atoms. The zero-order chi connectivity index (χ0) is 6.91. The zero-order valence-electron chi connectivity index (χ0n) is 4.39. The Hall–Kier alpha value is 0.120. The van der Waals surface area contributed by atoms with Gasteiger partial charge in [0.2, 0.25) is 0 Å². The second-order valence-electron chi connectivity index (χ2n) is 1.56. The predicted octanol–water partition coefficient (Wildman–Crippen LogP) is -1.51. The topological polar surface area (TPSA) is 70.2 Å². The Morgan fingerprint density at radius 1 is 1.56 bits per heavy atom. The van der Waals surface area contributed by atoms with E-state index in [2.05, 4.69) is 16.2 Å². The third-order valence-electron chi connectivity index (χ3n) is 0.891. The van der Waals surface area contributed by atoms with Gasteiger partial charge in [0.25, 0.3) is 9.05 Å². The molecule has 5 nitrogen and oxygen atoms in total. The molecule has 0 aliphatic carbocycles. The van der Waals surface area contributed by atoms with E-state index < -0.39 is 14.5 Å². The number of hydrogen-bond acceptors (Lipinski definition) is 5. The van der Waals surface area contributed by atoms with Crippen molar-refractivity contribution in [3.05, 3.63) is 0 Å². The Morgan fingerprint density at radius 3 is 2.44 bits per heavy atom. The maximum atomic E-state index is 10.4. The molecule has 0 amide bonds. The van der Waals surface area contributed by atoms with Crippen LogP contribution < -0.4 is 16.2 Å². The Balaban J connectivity index is 2.63. The first-order valence-corrected chi connectivity index (χ1v) is 4.63. The maximum absolute atomic E-state index is 10.4. The molecule has 0 spiro atoms. The van der Waals surface area contributed by atoms with Gasteiger partial charge in [-0.15, -0.1) is 0 Å². The van der Waals surface area contributed by atoms with Gasteiger partial charge in [0.1, 0.15) is 0 Å². The molecule has 54 valence electrons. The molecule has 1 rings (SSSR count). The Morgan fingerprint density at radius 2 is 2.22 bits per heavy atom. The summed E-state index contributed by atoms with van der Waals surface area (Å²) in [6, 6.07) is 0. The van der Waals surface area contributed by atoms with Gasteiger partial charge in [-0.25, -0.2) is 19.3 Å². The first kappa shape index (κ1) is 7.23. The number of hydrazine groups is 1. The highest BCUT2D eigenvalue weighted by Gasteiger charge is 2.24. The van der Waals surface area contributed by atoms with Crippen LogP contribution in [0.3, 0.4) is 0 Å². The fourth-order valence-corrected chi connectivity index (χ4v) is 1.34. The number of hydrogen-bond donors (Lipinski definition) is 3. The minimum atomic E-state index is -3.52. The standard InChI is InChI=1S/C2H6ClN3O2S/c3-9(7,8)2-4-1-5-6-2/h2,4-6H,1H2. The van der Waals surface area contributed by atoms with Crippen molar-refractivity contribution in [2.45, 2.75) is 5.50 Å². The van der Waals surface area contributed by atoms with Crippen molar-refractivity contribution in [1.29, 1.82) is 0 Å². The Labute approximate surface area is 57.2 Å². The maximum Gasteiger partial charge on any atom is 0.263 e. The molecule has 3 N–H and O–H groups in total. The molecule has 1 unspecified atom stereocenters. The lowest BCUT2D eigenvalue weighted by atomic mass is 11.1. The molecule has 1 atom stereocenters. The lowest BCUT2D eigenvalue weighted by Crippen LogP contribution is -2.38. The minimum absolute atomic E-state index is 0.399. The molecule has 0 saturated carbocycles. The van der Waals surface area contributed by atoms with Crippen molar-refractivity contribution in [1.82, 2.24) is 16.2 Å². The van der Waals surface area contributed by atoms with Gasteiger partial charge in [0.15, 0.2) is 5.50 Å². The molecule has 1 saturated heterocycles. The van der Waals surface area contributed by atoms with Gasteiger partial charge in [0, 0.05) is 10.7 Å². The molecular formula is C2H6ClN3O2S. The highest BCUT2D eigenvalue weighted by Crippen LogP contribution is 2.01. The molecule has 0 aromatic carbocycles. The van der Waals surface area contributed by atoms with Crippen LogP contribution in [0, 0.1) is 0 Å². The quantitative estimate of drug-likeness (QED) is 0.419. The lowest BCUT2D eigenvalue weighted by molar-refractivity contribution is 0.567. The molecule has 9 heavy (non-hydrogen) atoms. The van der Waals surface area contributed by atoms with Crippen LogP contribution in [0.2, 0.25) is 0 Å². The third-order valence-corrected chi connectivity index (χ3v) is 2.27. The number of halogens is 1. The highest BCUT2D eigenvalue weighted by atomic mass is 35.7. The van der Waals surface area contributed by atoms with Gasteiger partial charge in [0.05, 0.1) is 6.67 Å². The Bertz CT molecular complexity index is 184. The fourth-order valence-electron chi connectivity index (χ4n) is 0.508. The molecular weight excluding hydrogens is 166 g/mol. The molecule has 0 radical (unpaired) electrons. The first-order valence-electron chi connectivity index (χ1n) is 2.26. The molecule has 1 fully saturated rings. The van der Waals surface area contributed by atoms with Crippen molar-refractivity contribution in [3.8, 4) is 0 Å². The monoisotopic (exact) mass is 171 g/mol. The summed E-state index contributed by atoms with van der Waals surface area (Å²) in [5, 5.41) is 2.55. The van der Waals surface area contributed by atoms with E-state index in [1.54, 1.807) is 0 Å². The summed E-state index contributed by atoms with van der Waals surface area (Å²) < 4.78 is 20.9. The Kier molecular flexibility index (Phi) is 1.92. The van der Waals surface area contributed by atoms with Crippen molar-refractivity contribution in [3.63, 3.8) is 0 Å². The second kappa shape index (κ2) is 2.39. The summed E-state index contributed by atoms with van der Waals surface area (Å²) >= 11 is 0. The van der Waals surface area contributed by atoms with Crippen LogP contribution in [0.5, 0.6) is 0 Å². The van der Waals surface area contributed by atoms with Gasteiger partial charge in [-0.05, 0) is 0 Å². The van der Waals surface area contributed by atoms with Crippen LogP contribution in [0.1, 0.15) is 0 Å². The third kappa shape index (κ3) is 1.77. The van der Waals surface area contributed by atoms with Gasteiger partial charge in [-0.2, -0.15) is 0 Å². The smallest absolute Gasteiger partial charge is 0.263 e. The molecule has 1 aliphatic heterocycles. The van der Waals surface area contributed by atoms with E-state index in [0.717, 1.165) is 0 Å². The predicted molar refractivity (Wildman–Crippen MR) is 32.8 cm³/mol. The van der Waals surface area contributed by atoms with E-state index in [9.17, 15) is 8.42 Å². The molecule has 0 aromatic heterocycles. The highest BCUT2D eigenvalue weighted by molar-refractivity contribution is 8.14. The van der Waals surface area contributed by atoms with E-state index in [-0.39, 0.29) is 0 Å². The van der Waals surface area contributed by atoms with Gasteiger partial charge < -0.3 is 0 Å². The van der Waals surface area contributed by atoms with E-state index >= 15 is 0 Å². The van der Waals surface area contributed by atoms with Crippen LogP contribution in [0.15, 0.2) is 0 Å². The van der Waals surface area contributed by atoms with Crippen molar-refractivity contribution in [2.24, 2.45) is 0 Å². The summed E-state index contributed by atoms with van der Waals surface area (Å²) in [5.74, 6) is 0. The van der Waals surface area contributed by atoms with E-state index in [4.69, 9.17) is 10.7 Å². The lowest BCUT2D eigenvalue weighted by Gasteiger charge is -2.02. The summed E-state index contributed by atoms with van der Waals surface area (Å²) in [6.07, 6.45) is 0. The van der Waals surface area contributed by atoms with Crippen LogP contribution in [-0.2, 0) is 9.05 Å². The molecule has 0 aromatic rings. The SMILES string of the molecule is O=S(=O)(Cl)C1NCNN1.